The number of carbonyl (C=O) groups excluding carboxylic acids is 2. The van der Waals surface area contributed by atoms with Crippen molar-refractivity contribution in [1.82, 2.24) is 10.2 Å². The van der Waals surface area contributed by atoms with Crippen molar-refractivity contribution in [3.8, 4) is 5.75 Å². The third-order valence-electron chi connectivity index (χ3n) is 5.62. The number of ether oxygens (including phenoxy) is 1. The number of rotatable bonds is 6. The molecular weight excluding hydrogens is 447 g/mol. The van der Waals surface area contributed by atoms with Crippen LogP contribution in [0.4, 0.5) is 0 Å². The van der Waals surface area contributed by atoms with Crippen molar-refractivity contribution < 1.29 is 14.3 Å². The van der Waals surface area contributed by atoms with Crippen LogP contribution in [0.1, 0.15) is 24.5 Å². The summed E-state index contributed by atoms with van der Waals surface area (Å²) in [6.45, 7) is 3.17. The molecule has 3 aromatic rings. The fourth-order valence-corrected chi connectivity index (χ4v) is 4.37. The Bertz CT molecular complexity index is 1170. The van der Waals surface area contributed by atoms with E-state index in [0.717, 1.165) is 27.6 Å². The Balaban J connectivity index is 1.64. The van der Waals surface area contributed by atoms with E-state index in [0.29, 0.717) is 36.2 Å². The lowest BCUT2D eigenvalue weighted by molar-refractivity contribution is -0.134. The van der Waals surface area contributed by atoms with Crippen molar-refractivity contribution in [2.24, 2.45) is 0 Å². The van der Waals surface area contributed by atoms with E-state index in [4.69, 9.17) is 27.9 Å². The Hall–Kier alpha value is -2.76. The molecule has 1 aliphatic heterocycles. The van der Waals surface area contributed by atoms with Crippen LogP contribution in [0.3, 0.4) is 0 Å². The highest BCUT2D eigenvalue weighted by Crippen LogP contribution is 2.30. The normalized spacial score (nSPS) is 16.7. The monoisotopic (exact) mass is 470 g/mol. The van der Waals surface area contributed by atoms with Crippen LogP contribution in [-0.2, 0) is 22.6 Å². The van der Waals surface area contributed by atoms with Gasteiger partial charge in [-0.05, 0) is 41.5 Å². The van der Waals surface area contributed by atoms with E-state index in [1.807, 2.05) is 49.4 Å². The first kappa shape index (κ1) is 22.4. The van der Waals surface area contributed by atoms with Gasteiger partial charge >= 0.3 is 0 Å². The van der Waals surface area contributed by atoms with Gasteiger partial charge in [0.1, 0.15) is 11.8 Å². The second-order valence-corrected chi connectivity index (χ2v) is 8.59. The molecule has 0 bridgehead atoms. The average molecular weight is 471 g/mol. The predicted molar refractivity (Wildman–Crippen MR) is 127 cm³/mol. The summed E-state index contributed by atoms with van der Waals surface area (Å²) in [6.07, 6.45) is 0.587. The molecule has 1 saturated heterocycles. The summed E-state index contributed by atoms with van der Waals surface area (Å²) in [5.41, 5.74) is 1.78. The summed E-state index contributed by atoms with van der Waals surface area (Å²) in [5, 5.41) is 5.86. The highest BCUT2D eigenvalue weighted by Gasteiger charge is 2.31. The van der Waals surface area contributed by atoms with Crippen LogP contribution < -0.4 is 10.1 Å². The maximum absolute atomic E-state index is 13.5. The SMILES string of the molecule is CCOc1ccc2ccccc2c1CN1CCC(=O)NC(Cc2ccc(Cl)c(Cl)c2)C1=O. The summed E-state index contributed by atoms with van der Waals surface area (Å²) < 4.78 is 5.87. The number of halogens is 2. The zero-order valence-electron chi connectivity index (χ0n) is 17.7. The molecule has 166 valence electrons. The number of hydrogen-bond donors (Lipinski definition) is 1. The Kier molecular flexibility index (Phi) is 6.87. The standard InChI is InChI=1S/C25H24Cl2N2O3/c1-2-32-23-10-8-17-5-3-4-6-18(17)19(23)15-29-12-11-24(30)28-22(25(29)31)14-16-7-9-20(26)21(27)13-16/h3-10,13,22H,2,11-12,14-15H2,1H3,(H,28,30). The molecule has 0 spiro atoms. The molecule has 1 heterocycles. The zero-order valence-corrected chi connectivity index (χ0v) is 19.2. The molecule has 4 rings (SSSR count). The summed E-state index contributed by atoms with van der Waals surface area (Å²) >= 11 is 12.2. The van der Waals surface area contributed by atoms with Gasteiger partial charge in [-0.1, -0.05) is 59.6 Å². The van der Waals surface area contributed by atoms with Crippen LogP contribution in [0.15, 0.2) is 54.6 Å². The van der Waals surface area contributed by atoms with Gasteiger partial charge in [-0.3, -0.25) is 9.59 Å². The Morgan fingerprint density at radius 1 is 1.06 bits per heavy atom. The van der Waals surface area contributed by atoms with E-state index >= 15 is 0 Å². The maximum Gasteiger partial charge on any atom is 0.245 e. The number of nitrogens with one attached hydrogen (secondary N) is 1. The van der Waals surface area contributed by atoms with Crippen LogP contribution in [0.2, 0.25) is 10.0 Å². The molecule has 2 amide bonds. The fourth-order valence-electron chi connectivity index (χ4n) is 4.05. The van der Waals surface area contributed by atoms with Gasteiger partial charge in [0.2, 0.25) is 11.8 Å². The molecule has 1 aliphatic rings. The van der Waals surface area contributed by atoms with Crippen LogP contribution in [0.25, 0.3) is 10.8 Å². The molecule has 1 atom stereocenters. The fraction of sp³-hybridized carbons (Fsp3) is 0.280. The van der Waals surface area contributed by atoms with E-state index in [1.54, 1.807) is 17.0 Å². The van der Waals surface area contributed by atoms with Crippen molar-refractivity contribution >= 4 is 45.8 Å². The van der Waals surface area contributed by atoms with E-state index < -0.39 is 6.04 Å². The largest absolute Gasteiger partial charge is 0.494 e. The lowest BCUT2D eigenvalue weighted by Crippen LogP contribution is -2.45. The van der Waals surface area contributed by atoms with Crippen molar-refractivity contribution in [3.63, 3.8) is 0 Å². The summed E-state index contributed by atoms with van der Waals surface area (Å²) in [7, 11) is 0. The topological polar surface area (TPSA) is 58.6 Å². The van der Waals surface area contributed by atoms with Gasteiger partial charge in [0.15, 0.2) is 0 Å². The Morgan fingerprint density at radius 2 is 1.88 bits per heavy atom. The minimum absolute atomic E-state index is 0.127. The van der Waals surface area contributed by atoms with Gasteiger partial charge in [0, 0.05) is 31.5 Å². The Morgan fingerprint density at radius 3 is 2.66 bits per heavy atom. The first-order chi connectivity index (χ1) is 15.5. The van der Waals surface area contributed by atoms with Crippen molar-refractivity contribution in [2.45, 2.75) is 32.4 Å². The first-order valence-electron chi connectivity index (χ1n) is 10.6. The van der Waals surface area contributed by atoms with Crippen molar-refractivity contribution in [3.05, 3.63) is 75.8 Å². The molecular formula is C25H24Cl2N2O3. The predicted octanol–water partition coefficient (Wildman–Crippen LogP) is 5.01. The Labute approximate surface area is 197 Å². The molecule has 1 fully saturated rings. The van der Waals surface area contributed by atoms with E-state index in [2.05, 4.69) is 5.32 Å². The molecule has 7 heteroatoms. The van der Waals surface area contributed by atoms with Gasteiger partial charge in [-0.2, -0.15) is 0 Å². The van der Waals surface area contributed by atoms with Gasteiger partial charge in [-0.15, -0.1) is 0 Å². The third-order valence-corrected chi connectivity index (χ3v) is 6.36. The van der Waals surface area contributed by atoms with E-state index in [1.165, 1.54) is 0 Å². The second kappa shape index (κ2) is 9.80. The summed E-state index contributed by atoms with van der Waals surface area (Å²) in [6, 6.07) is 16.6. The second-order valence-electron chi connectivity index (χ2n) is 7.78. The number of hydrogen-bond acceptors (Lipinski definition) is 3. The molecule has 0 saturated carbocycles. The number of fused-ring (bicyclic) bond motifs is 1. The van der Waals surface area contributed by atoms with Crippen LogP contribution in [-0.4, -0.2) is 35.9 Å². The third kappa shape index (κ3) is 4.84. The molecule has 3 aromatic carbocycles. The molecule has 5 nitrogen and oxygen atoms in total. The number of carbonyl (C=O) groups is 2. The van der Waals surface area contributed by atoms with E-state index in [9.17, 15) is 9.59 Å². The quantitative estimate of drug-likeness (QED) is 0.550. The number of amides is 2. The maximum atomic E-state index is 13.5. The van der Waals surface area contributed by atoms with E-state index in [-0.39, 0.29) is 18.2 Å². The zero-order chi connectivity index (χ0) is 22.7. The van der Waals surface area contributed by atoms with Gasteiger partial charge in [0.05, 0.1) is 16.7 Å². The minimum atomic E-state index is -0.673. The van der Waals surface area contributed by atoms with Gasteiger partial charge < -0.3 is 15.0 Å². The molecule has 0 radical (unpaired) electrons. The van der Waals surface area contributed by atoms with Gasteiger partial charge in [-0.25, -0.2) is 0 Å². The van der Waals surface area contributed by atoms with Crippen molar-refractivity contribution in [1.29, 1.82) is 0 Å². The average Bonchev–Trinajstić information content (AvgIpc) is 2.91. The number of benzene rings is 3. The minimum Gasteiger partial charge on any atom is -0.494 e. The molecule has 1 unspecified atom stereocenters. The summed E-state index contributed by atoms with van der Waals surface area (Å²) in [4.78, 5) is 27.6. The van der Waals surface area contributed by atoms with Crippen LogP contribution >= 0.6 is 23.2 Å². The highest BCUT2D eigenvalue weighted by molar-refractivity contribution is 6.42. The van der Waals surface area contributed by atoms with Crippen molar-refractivity contribution in [2.75, 3.05) is 13.2 Å². The van der Waals surface area contributed by atoms with Crippen LogP contribution in [0, 0.1) is 0 Å². The first-order valence-corrected chi connectivity index (χ1v) is 11.4. The molecule has 0 aliphatic carbocycles. The number of nitrogens with zero attached hydrogens (tertiary/aromatic N) is 1. The van der Waals surface area contributed by atoms with Crippen LogP contribution in [0.5, 0.6) is 5.75 Å². The molecule has 1 N–H and O–H groups in total. The smallest absolute Gasteiger partial charge is 0.245 e. The lowest BCUT2D eigenvalue weighted by Gasteiger charge is -2.26. The van der Waals surface area contributed by atoms with Gasteiger partial charge in [0.25, 0.3) is 0 Å². The highest BCUT2D eigenvalue weighted by atomic mass is 35.5. The molecule has 0 aromatic heterocycles. The lowest BCUT2D eigenvalue weighted by atomic mass is 10.0. The summed E-state index contributed by atoms with van der Waals surface area (Å²) in [5.74, 6) is 0.481. The molecule has 32 heavy (non-hydrogen) atoms.